The van der Waals surface area contributed by atoms with Crippen LogP contribution in [0.2, 0.25) is 0 Å². The summed E-state index contributed by atoms with van der Waals surface area (Å²) < 4.78 is 2.19. The van der Waals surface area contributed by atoms with Gasteiger partial charge < -0.3 is 4.57 Å². The third kappa shape index (κ3) is 5.78. The van der Waals surface area contributed by atoms with Gasteiger partial charge in [0.1, 0.15) is 11.1 Å². The molecule has 1 atom stereocenters. The number of ketones is 1. The maximum atomic E-state index is 13.6. The third-order valence-corrected chi connectivity index (χ3v) is 7.91. The topological polar surface area (TPSA) is 47.8 Å². The number of thioether (sulfide) groups is 1. The molecule has 0 aliphatic rings. The summed E-state index contributed by atoms with van der Waals surface area (Å²) in [4.78, 5) is 14.9. The molecule has 174 valence electrons. The molecule has 0 radical (unpaired) electrons. The molecule has 0 unspecified atom stereocenters. The first-order valence-corrected chi connectivity index (χ1v) is 13.3. The van der Waals surface area contributed by atoms with Crippen molar-refractivity contribution < 1.29 is 4.79 Å². The Balaban J connectivity index is 1.48. The molecule has 0 aliphatic carbocycles. The fourth-order valence-corrected chi connectivity index (χ4v) is 5.84. The molecule has 0 spiro atoms. The molecular formula is C29H25N3OS2. The number of carbonyl (C=O) groups excluding carboxylic acids is 1. The van der Waals surface area contributed by atoms with Crippen LogP contribution in [0, 0.1) is 0 Å². The van der Waals surface area contributed by atoms with Gasteiger partial charge in [-0.15, -0.1) is 21.5 Å². The van der Waals surface area contributed by atoms with Crippen molar-refractivity contribution in [2.45, 2.75) is 29.8 Å². The number of rotatable bonds is 10. The van der Waals surface area contributed by atoms with Gasteiger partial charge in [0.2, 0.25) is 0 Å². The van der Waals surface area contributed by atoms with E-state index in [1.165, 1.54) is 22.2 Å². The largest absolute Gasteiger partial charge is 0.305 e. The van der Waals surface area contributed by atoms with Crippen LogP contribution in [0.1, 0.15) is 37.4 Å². The molecule has 0 N–H and O–H groups in total. The summed E-state index contributed by atoms with van der Waals surface area (Å²) in [6.07, 6.45) is 1.59. The third-order valence-electron chi connectivity index (χ3n) is 5.79. The lowest BCUT2D eigenvalue weighted by molar-refractivity contribution is 0.0989. The van der Waals surface area contributed by atoms with Gasteiger partial charge in [0, 0.05) is 23.4 Å². The van der Waals surface area contributed by atoms with Crippen molar-refractivity contribution >= 4 is 28.9 Å². The van der Waals surface area contributed by atoms with Crippen LogP contribution < -0.4 is 0 Å². The Bertz CT molecular complexity index is 1350. The second-order valence-electron chi connectivity index (χ2n) is 8.18. The Morgan fingerprint density at radius 1 is 0.829 bits per heavy atom. The predicted molar refractivity (Wildman–Crippen MR) is 143 cm³/mol. The quantitative estimate of drug-likeness (QED) is 0.156. The minimum atomic E-state index is -0.409. The van der Waals surface area contributed by atoms with E-state index < -0.39 is 5.25 Å². The Morgan fingerprint density at radius 3 is 2.20 bits per heavy atom. The Kier molecular flexibility index (Phi) is 7.51. The summed E-state index contributed by atoms with van der Waals surface area (Å²) in [6, 6.07) is 34.1. The second-order valence-corrected chi connectivity index (χ2v) is 10.3. The van der Waals surface area contributed by atoms with Gasteiger partial charge in [-0.05, 0) is 29.0 Å². The Labute approximate surface area is 213 Å². The first-order chi connectivity index (χ1) is 17.3. The van der Waals surface area contributed by atoms with Gasteiger partial charge in [0.15, 0.2) is 10.9 Å². The van der Waals surface area contributed by atoms with Crippen molar-refractivity contribution in [1.29, 1.82) is 0 Å². The molecule has 2 heterocycles. The second kappa shape index (κ2) is 11.3. The number of aromatic nitrogens is 3. The predicted octanol–water partition coefficient (Wildman–Crippen LogP) is 6.89. The molecule has 0 saturated carbocycles. The number of hydrogen-bond acceptors (Lipinski definition) is 5. The van der Waals surface area contributed by atoms with Crippen LogP contribution in [0.25, 0.3) is 0 Å². The van der Waals surface area contributed by atoms with E-state index in [0.717, 1.165) is 35.9 Å². The average Bonchev–Trinajstić information content (AvgIpc) is 3.57. The molecule has 35 heavy (non-hydrogen) atoms. The zero-order chi connectivity index (χ0) is 23.9. The van der Waals surface area contributed by atoms with E-state index >= 15 is 0 Å². The van der Waals surface area contributed by atoms with E-state index in [0.29, 0.717) is 5.56 Å². The lowest BCUT2D eigenvalue weighted by atomic mass is 10.0. The summed E-state index contributed by atoms with van der Waals surface area (Å²) in [6.45, 7) is 0.751. The minimum Gasteiger partial charge on any atom is -0.305 e. The van der Waals surface area contributed by atoms with Crippen LogP contribution in [-0.4, -0.2) is 20.5 Å². The normalized spacial score (nSPS) is 11.9. The zero-order valence-electron chi connectivity index (χ0n) is 19.2. The molecule has 0 aliphatic heterocycles. The van der Waals surface area contributed by atoms with Gasteiger partial charge in [-0.25, -0.2) is 0 Å². The highest BCUT2D eigenvalue weighted by Gasteiger charge is 2.26. The van der Waals surface area contributed by atoms with Crippen LogP contribution in [-0.2, 0) is 19.4 Å². The number of Topliss-reactive ketones (excluding diaryl/α,β-unsaturated/α-hetero) is 1. The molecule has 2 aromatic heterocycles. The van der Waals surface area contributed by atoms with E-state index in [-0.39, 0.29) is 5.78 Å². The maximum Gasteiger partial charge on any atom is 0.192 e. The van der Waals surface area contributed by atoms with Crippen LogP contribution in [0.5, 0.6) is 0 Å². The highest BCUT2D eigenvalue weighted by atomic mass is 32.2. The minimum absolute atomic E-state index is 0.0687. The summed E-state index contributed by atoms with van der Waals surface area (Å²) in [5.74, 6) is 0.990. The molecule has 5 rings (SSSR count). The standard InChI is InChI=1S/C29H25N3OS2/c33-27(23-13-6-2-7-14-23)28(24-15-8-3-9-16-24)35-29-31-30-26(21-25-17-10-20-34-25)32(29)19-18-22-11-4-1-5-12-22/h1-17,20,28H,18-19,21H2/t28-/m1/s1. The number of hydrogen-bond donors (Lipinski definition) is 0. The molecule has 0 amide bonds. The van der Waals surface area contributed by atoms with E-state index in [9.17, 15) is 4.79 Å². The van der Waals surface area contributed by atoms with Gasteiger partial charge in [-0.1, -0.05) is 109 Å². The summed E-state index contributed by atoms with van der Waals surface area (Å²) >= 11 is 3.20. The maximum absolute atomic E-state index is 13.6. The molecule has 5 aromatic rings. The monoisotopic (exact) mass is 495 g/mol. The van der Waals surface area contributed by atoms with Crippen molar-refractivity contribution in [3.8, 4) is 0 Å². The van der Waals surface area contributed by atoms with E-state index in [1.807, 2.05) is 66.7 Å². The van der Waals surface area contributed by atoms with E-state index in [2.05, 4.69) is 56.5 Å². The fraction of sp³-hybridized carbons (Fsp3) is 0.138. The molecule has 0 fully saturated rings. The van der Waals surface area contributed by atoms with Gasteiger partial charge in [0.05, 0.1) is 0 Å². The SMILES string of the molecule is O=C(c1ccccc1)[C@H](Sc1nnc(Cc2cccs2)n1CCc1ccccc1)c1ccccc1. The van der Waals surface area contributed by atoms with Crippen molar-refractivity contribution in [1.82, 2.24) is 14.8 Å². The molecule has 6 heteroatoms. The molecular weight excluding hydrogens is 470 g/mol. The van der Waals surface area contributed by atoms with E-state index in [1.54, 1.807) is 11.3 Å². The number of benzene rings is 3. The summed E-state index contributed by atoms with van der Waals surface area (Å²) in [7, 11) is 0. The van der Waals surface area contributed by atoms with Gasteiger partial charge in [-0.2, -0.15) is 0 Å². The van der Waals surface area contributed by atoms with Gasteiger partial charge in [-0.3, -0.25) is 4.79 Å². The zero-order valence-corrected chi connectivity index (χ0v) is 20.8. The lowest BCUT2D eigenvalue weighted by Gasteiger charge is -2.17. The number of nitrogens with zero attached hydrogens (tertiary/aromatic N) is 3. The Hall–Kier alpha value is -3.48. The Morgan fingerprint density at radius 2 is 1.51 bits per heavy atom. The first-order valence-electron chi connectivity index (χ1n) is 11.6. The van der Waals surface area contributed by atoms with Crippen LogP contribution in [0.15, 0.2) is 114 Å². The molecule has 4 nitrogen and oxygen atoms in total. The summed E-state index contributed by atoms with van der Waals surface area (Å²) in [5.41, 5.74) is 2.92. The lowest BCUT2D eigenvalue weighted by Crippen LogP contribution is -2.13. The molecule has 0 saturated heterocycles. The van der Waals surface area contributed by atoms with Crippen LogP contribution >= 0.6 is 23.1 Å². The van der Waals surface area contributed by atoms with E-state index in [4.69, 9.17) is 0 Å². The van der Waals surface area contributed by atoms with Crippen molar-refractivity contribution in [2.24, 2.45) is 0 Å². The highest BCUT2D eigenvalue weighted by molar-refractivity contribution is 8.00. The summed E-state index contributed by atoms with van der Waals surface area (Å²) in [5, 5.41) is 11.6. The smallest absolute Gasteiger partial charge is 0.192 e. The van der Waals surface area contributed by atoms with Crippen LogP contribution in [0.3, 0.4) is 0 Å². The van der Waals surface area contributed by atoms with Crippen molar-refractivity contribution in [3.63, 3.8) is 0 Å². The average molecular weight is 496 g/mol. The molecule has 0 bridgehead atoms. The number of carbonyl (C=O) groups is 1. The number of thiophene rings is 1. The van der Waals surface area contributed by atoms with Crippen LogP contribution in [0.4, 0.5) is 0 Å². The van der Waals surface area contributed by atoms with Crippen molar-refractivity contribution in [2.75, 3.05) is 0 Å². The van der Waals surface area contributed by atoms with Crippen molar-refractivity contribution in [3.05, 3.63) is 136 Å². The van der Waals surface area contributed by atoms with Gasteiger partial charge in [0.25, 0.3) is 0 Å². The number of aryl methyl sites for hydroxylation is 1. The molecule has 3 aromatic carbocycles. The highest BCUT2D eigenvalue weighted by Crippen LogP contribution is 2.37. The first kappa shape index (κ1) is 23.3. The van der Waals surface area contributed by atoms with Gasteiger partial charge >= 0.3 is 0 Å². The fourth-order valence-electron chi connectivity index (χ4n) is 3.98.